The van der Waals surface area contributed by atoms with Crippen LogP contribution < -0.4 is 10.1 Å². The highest BCUT2D eigenvalue weighted by Crippen LogP contribution is 2.25. The monoisotopic (exact) mass is 262 g/mol. The predicted molar refractivity (Wildman–Crippen MR) is 72.4 cm³/mol. The number of hydrogen-bond acceptors (Lipinski definition) is 6. The van der Waals surface area contributed by atoms with Gasteiger partial charge in [0.1, 0.15) is 12.1 Å². The van der Waals surface area contributed by atoms with Gasteiger partial charge in [-0.1, -0.05) is 0 Å². The molecular weight excluding hydrogens is 244 g/mol. The Balaban J connectivity index is 1.70. The molecule has 3 rings (SSSR count). The smallest absolute Gasteiger partial charge is 0.245 e. The fraction of sp³-hybridized carbons (Fsp3) is 0.583. The zero-order valence-electron chi connectivity index (χ0n) is 11.2. The number of ether oxygens (including phenoxy) is 1. The number of anilines is 1. The molecule has 0 unspecified atom stereocenters. The summed E-state index contributed by atoms with van der Waals surface area (Å²) in [6.45, 7) is 1.51. The van der Waals surface area contributed by atoms with Crippen LogP contribution in [-0.4, -0.2) is 58.1 Å². The van der Waals surface area contributed by atoms with E-state index in [0.29, 0.717) is 24.1 Å². The van der Waals surface area contributed by atoms with Crippen LogP contribution in [0.4, 0.5) is 5.95 Å². The van der Waals surface area contributed by atoms with Crippen LogP contribution in [0.1, 0.15) is 12.8 Å². The van der Waals surface area contributed by atoms with E-state index >= 15 is 0 Å². The summed E-state index contributed by atoms with van der Waals surface area (Å²) in [7, 11) is 3.91. The maximum atomic E-state index is 5.76. The van der Waals surface area contributed by atoms with Gasteiger partial charge in [-0.05, 0) is 19.9 Å². The van der Waals surface area contributed by atoms with E-state index in [1.54, 1.807) is 13.4 Å². The molecule has 2 aromatic heterocycles. The van der Waals surface area contributed by atoms with Crippen LogP contribution in [-0.2, 0) is 0 Å². The van der Waals surface area contributed by atoms with Crippen LogP contribution >= 0.6 is 0 Å². The second-order valence-electron chi connectivity index (χ2n) is 4.76. The maximum Gasteiger partial charge on any atom is 0.245 e. The van der Waals surface area contributed by atoms with E-state index in [9.17, 15) is 0 Å². The van der Waals surface area contributed by atoms with Crippen molar-refractivity contribution in [2.24, 2.45) is 0 Å². The Bertz CT molecular complexity index is 564. The molecule has 0 radical (unpaired) electrons. The van der Waals surface area contributed by atoms with Crippen molar-refractivity contribution >= 4 is 17.1 Å². The molecule has 2 aromatic rings. The molecule has 0 aromatic carbocycles. The zero-order valence-corrected chi connectivity index (χ0v) is 11.2. The minimum Gasteiger partial charge on any atom is -0.475 e. The number of imidazole rings is 1. The van der Waals surface area contributed by atoms with E-state index < -0.39 is 0 Å². The van der Waals surface area contributed by atoms with Gasteiger partial charge in [-0.15, -0.1) is 0 Å². The number of hydrogen-bond donors (Lipinski definition) is 2. The summed E-state index contributed by atoms with van der Waals surface area (Å²) >= 11 is 0. The van der Waals surface area contributed by atoms with Gasteiger partial charge in [0.15, 0.2) is 5.65 Å². The van der Waals surface area contributed by atoms with Crippen LogP contribution in [0, 0.1) is 0 Å². The molecule has 0 spiro atoms. The number of aromatic nitrogens is 4. The molecule has 0 amide bonds. The normalized spacial score (nSPS) is 15.1. The summed E-state index contributed by atoms with van der Waals surface area (Å²) in [5, 5.41) is 2.91. The molecule has 0 aliphatic heterocycles. The van der Waals surface area contributed by atoms with Crippen LogP contribution in [0.15, 0.2) is 6.33 Å². The van der Waals surface area contributed by atoms with E-state index in [-0.39, 0.29) is 0 Å². The highest BCUT2D eigenvalue weighted by Gasteiger charge is 2.25. The molecule has 1 aliphatic rings. The Labute approximate surface area is 111 Å². The van der Waals surface area contributed by atoms with Crippen LogP contribution in [0.5, 0.6) is 5.88 Å². The second kappa shape index (κ2) is 5.00. The first kappa shape index (κ1) is 12.2. The minimum absolute atomic E-state index is 0.519. The fourth-order valence-electron chi connectivity index (χ4n) is 2.01. The van der Waals surface area contributed by atoms with Gasteiger partial charge in [0.2, 0.25) is 11.8 Å². The van der Waals surface area contributed by atoms with Crippen LogP contribution in [0.2, 0.25) is 0 Å². The summed E-state index contributed by atoms with van der Waals surface area (Å²) in [6, 6.07) is 0.744. The second-order valence-corrected chi connectivity index (χ2v) is 4.76. The van der Waals surface area contributed by atoms with Gasteiger partial charge < -0.3 is 19.9 Å². The third kappa shape index (κ3) is 2.60. The summed E-state index contributed by atoms with van der Waals surface area (Å²) < 4.78 is 5.76. The van der Waals surface area contributed by atoms with Crippen molar-refractivity contribution in [3.05, 3.63) is 6.33 Å². The van der Waals surface area contributed by atoms with Crippen molar-refractivity contribution in [3.63, 3.8) is 0 Å². The van der Waals surface area contributed by atoms with Crippen LogP contribution in [0.25, 0.3) is 11.2 Å². The predicted octanol–water partition coefficient (Wildman–Crippen LogP) is 0.868. The third-order valence-electron chi connectivity index (χ3n) is 3.33. The van der Waals surface area contributed by atoms with Crippen molar-refractivity contribution in [1.82, 2.24) is 24.8 Å². The molecule has 1 fully saturated rings. The van der Waals surface area contributed by atoms with Gasteiger partial charge in [-0.3, -0.25) is 0 Å². The number of nitrogens with one attached hydrogen (secondary N) is 2. The van der Waals surface area contributed by atoms with Crippen molar-refractivity contribution in [1.29, 1.82) is 0 Å². The first-order valence-corrected chi connectivity index (χ1v) is 6.50. The molecule has 0 atom stereocenters. The number of nitrogens with zero attached hydrogens (tertiary/aromatic N) is 4. The minimum atomic E-state index is 0.519. The lowest BCUT2D eigenvalue weighted by molar-refractivity contribution is 0.228. The van der Waals surface area contributed by atoms with Crippen molar-refractivity contribution in [2.45, 2.75) is 18.9 Å². The average Bonchev–Trinajstić information content (AvgIpc) is 3.16. The van der Waals surface area contributed by atoms with E-state index in [2.05, 4.69) is 37.2 Å². The number of H-pyrrole nitrogens is 1. The molecule has 19 heavy (non-hydrogen) atoms. The quantitative estimate of drug-likeness (QED) is 0.804. The number of rotatable bonds is 6. The van der Waals surface area contributed by atoms with Gasteiger partial charge in [-0.2, -0.15) is 9.97 Å². The average molecular weight is 262 g/mol. The molecule has 0 saturated heterocycles. The number of likely N-dealkylation sites (N-methyl/N-ethyl adjacent to an activating group) is 1. The van der Waals surface area contributed by atoms with Crippen molar-refractivity contribution < 1.29 is 4.74 Å². The molecule has 2 heterocycles. The van der Waals surface area contributed by atoms with Gasteiger partial charge in [0.05, 0.1) is 6.33 Å². The van der Waals surface area contributed by atoms with Crippen molar-refractivity contribution in [2.75, 3.05) is 32.6 Å². The summed E-state index contributed by atoms with van der Waals surface area (Å²) in [4.78, 5) is 18.0. The molecule has 1 aliphatic carbocycles. The zero-order chi connectivity index (χ0) is 13.2. The molecule has 0 bridgehead atoms. The topological polar surface area (TPSA) is 79.0 Å². The Hall–Kier alpha value is -1.89. The first-order valence-electron chi connectivity index (χ1n) is 6.50. The lowest BCUT2D eigenvalue weighted by atomic mass is 10.5. The Morgan fingerprint density at radius 3 is 3.05 bits per heavy atom. The highest BCUT2D eigenvalue weighted by molar-refractivity contribution is 5.76. The molecule has 7 heteroatoms. The van der Waals surface area contributed by atoms with Gasteiger partial charge >= 0.3 is 0 Å². The summed E-state index contributed by atoms with van der Waals surface area (Å²) in [5.41, 5.74) is 1.36. The number of aromatic amines is 1. The molecular formula is C12H18N6O. The molecule has 102 valence electrons. The number of fused-ring (bicyclic) bond motifs is 1. The molecule has 1 saturated carbocycles. The van der Waals surface area contributed by atoms with E-state index in [0.717, 1.165) is 18.1 Å². The van der Waals surface area contributed by atoms with E-state index in [1.165, 1.54) is 12.8 Å². The van der Waals surface area contributed by atoms with E-state index in [1.807, 2.05) is 0 Å². The standard InChI is InChI=1S/C12H18N6O/c1-13-12-16-10-9(14-7-15-10)11(17-12)19-6-5-18(2)8-3-4-8/h7-8H,3-6H2,1-2H3,(H2,13,14,15,16,17). The largest absolute Gasteiger partial charge is 0.475 e. The Morgan fingerprint density at radius 2 is 2.32 bits per heavy atom. The molecule has 7 nitrogen and oxygen atoms in total. The Morgan fingerprint density at radius 1 is 1.47 bits per heavy atom. The van der Waals surface area contributed by atoms with Gasteiger partial charge in [0, 0.05) is 19.6 Å². The van der Waals surface area contributed by atoms with Gasteiger partial charge in [0.25, 0.3) is 0 Å². The lowest BCUT2D eigenvalue weighted by Crippen LogP contribution is -2.26. The first-order chi connectivity index (χ1) is 9.28. The highest BCUT2D eigenvalue weighted by atomic mass is 16.5. The van der Waals surface area contributed by atoms with Crippen LogP contribution in [0.3, 0.4) is 0 Å². The molecule has 2 N–H and O–H groups in total. The van der Waals surface area contributed by atoms with Crippen molar-refractivity contribution in [3.8, 4) is 5.88 Å². The fourth-order valence-corrected chi connectivity index (χ4v) is 2.01. The third-order valence-corrected chi connectivity index (χ3v) is 3.33. The van der Waals surface area contributed by atoms with Gasteiger partial charge in [-0.25, -0.2) is 4.98 Å². The Kier molecular flexibility index (Phi) is 3.20. The SMILES string of the molecule is CNc1nc(OCCN(C)C2CC2)c2[nH]cnc2n1. The maximum absolute atomic E-state index is 5.76. The lowest BCUT2D eigenvalue weighted by Gasteiger charge is -2.15. The summed E-state index contributed by atoms with van der Waals surface area (Å²) in [6.07, 6.45) is 4.21. The summed E-state index contributed by atoms with van der Waals surface area (Å²) in [5.74, 6) is 1.07. The van der Waals surface area contributed by atoms with E-state index in [4.69, 9.17) is 4.74 Å².